The lowest BCUT2D eigenvalue weighted by molar-refractivity contribution is 0.934. The number of hydrogen-bond acceptors (Lipinski definition) is 1. The van der Waals surface area contributed by atoms with Crippen LogP contribution in [-0.2, 0) is 0 Å². The van der Waals surface area contributed by atoms with Crippen LogP contribution in [0.25, 0.3) is 5.52 Å². The van der Waals surface area contributed by atoms with E-state index in [0.29, 0.717) is 0 Å². The normalized spacial score (nSPS) is 8.36. The van der Waals surface area contributed by atoms with E-state index in [-0.39, 0.29) is 0 Å². The van der Waals surface area contributed by atoms with Crippen molar-refractivity contribution in [2.75, 3.05) is 0 Å². The first-order valence-corrected chi connectivity index (χ1v) is 5.27. The topological polar surface area (TPSA) is 17.3 Å². The summed E-state index contributed by atoms with van der Waals surface area (Å²) < 4.78 is 1.87. The van der Waals surface area contributed by atoms with Crippen LogP contribution >= 0.6 is 0 Å². The molecule has 0 bridgehead atoms. The number of rotatable bonds is 0. The van der Waals surface area contributed by atoms with Gasteiger partial charge in [0.05, 0.1) is 5.52 Å². The summed E-state index contributed by atoms with van der Waals surface area (Å²) in [6.07, 6.45) is 3.75. The van der Waals surface area contributed by atoms with Gasteiger partial charge in [0.25, 0.3) is 0 Å². The van der Waals surface area contributed by atoms with Crippen LogP contribution in [0.3, 0.4) is 0 Å². The van der Waals surface area contributed by atoms with Crippen molar-refractivity contribution >= 4 is 5.52 Å². The number of aryl methyl sites for hydroxylation is 1. The van der Waals surface area contributed by atoms with Crippen LogP contribution < -0.4 is 0 Å². The van der Waals surface area contributed by atoms with Crippen molar-refractivity contribution in [1.82, 2.24) is 9.61 Å². The van der Waals surface area contributed by atoms with Crippen LogP contribution in [0.1, 0.15) is 33.3 Å². The Hall–Kier alpha value is -1.31. The van der Waals surface area contributed by atoms with Gasteiger partial charge in [-0.3, -0.25) is 0 Å². The van der Waals surface area contributed by atoms with E-state index in [1.54, 1.807) is 0 Å². The van der Waals surface area contributed by atoms with Gasteiger partial charge >= 0.3 is 0 Å². The van der Waals surface area contributed by atoms with Crippen molar-refractivity contribution in [1.29, 1.82) is 0 Å². The van der Waals surface area contributed by atoms with Gasteiger partial charge < -0.3 is 0 Å². The van der Waals surface area contributed by atoms with Crippen molar-refractivity contribution in [2.45, 2.75) is 34.6 Å². The quantitative estimate of drug-likeness (QED) is 0.622. The van der Waals surface area contributed by atoms with Crippen LogP contribution in [0.4, 0.5) is 0 Å². The smallest absolute Gasteiger partial charge is 0.0675 e. The molecule has 2 heteroatoms. The van der Waals surface area contributed by atoms with E-state index in [2.05, 4.69) is 18.1 Å². The van der Waals surface area contributed by atoms with Crippen LogP contribution in [0, 0.1) is 6.92 Å². The molecule has 2 heterocycles. The van der Waals surface area contributed by atoms with Crippen molar-refractivity contribution in [3.05, 3.63) is 36.2 Å². The number of nitrogens with zero attached hydrogens (tertiary/aromatic N) is 2. The molecular weight excluding hydrogens is 172 g/mol. The fourth-order valence-electron chi connectivity index (χ4n) is 1.09. The average Bonchev–Trinajstić information content (AvgIpc) is 2.73. The van der Waals surface area contributed by atoms with Gasteiger partial charge in [-0.2, -0.15) is 5.10 Å². The third kappa shape index (κ3) is 2.87. The van der Waals surface area contributed by atoms with Gasteiger partial charge in [-0.15, -0.1) is 0 Å². The molecule has 0 spiro atoms. The van der Waals surface area contributed by atoms with Gasteiger partial charge in [0.15, 0.2) is 0 Å². The molecule has 0 amide bonds. The summed E-state index contributed by atoms with van der Waals surface area (Å²) in [6.45, 7) is 10.1. The zero-order valence-corrected chi connectivity index (χ0v) is 9.78. The molecule has 0 unspecified atom stereocenters. The van der Waals surface area contributed by atoms with Crippen molar-refractivity contribution in [3.63, 3.8) is 0 Å². The van der Waals surface area contributed by atoms with Crippen LogP contribution in [0.5, 0.6) is 0 Å². The Kier molecular flexibility index (Phi) is 6.46. The number of hydrogen-bond donors (Lipinski definition) is 0. The highest BCUT2D eigenvalue weighted by molar-refractivity contribution is 5.52. The van der Waals surface area contributed by atoms with Crippen molar-refractivity contribution < 1.29 is 0 Å². The lowest BCUT2D eigenvalue weighted by Gasteiger charge is -1.94. The van der Waals surface area contributed by atoms with E-state index < -0.39 is 0 Å². The maximum Gasteiger partial charge on any atom is 0.0675 e. The van der Waals surface area contributed by atoms with E-state index in [4.69, 9.17) is 0 Å². The molecule has 2 aromatic rings. The molecule has 0 aliphatic carbocycles. The summed E-state index contributed by atoms with van der Waals surface area (Å²) in [6, 6.07) is 6.06. The predicted molar refractivity (Wildman–Crippen MR) is 62.6 cm³/mol. The first-order valence-electron chi connectivity index (χ1n) is 5.27. The molecule has 0 N–H and O–H groups in total. The van der Waals surface area contributed by atoms with E-state index >= 15 is 0 Å². The highest BCUT2D eigenvalue weighted by Crippen LogP contribution is 2.06. The second-order valence-electron chi connectivity index (χ2n) is 2.35. The van der Waals surface area contributed by atoms with Crippen molar-refractivity contribution in [2.24, 2.45) is 0 Å². The Labute approximate surface area is 86.6 Å². The Morgan fingerprint density at radius 2 is 1.71 bits per heavy atom. The Morgan fingerprint density at radius 3 is 2.29 bits per heavy atom. The van der Waals surface area contributed by atoms with Gasteiger partial charge in [0.1, 0.15) is 0 Å². The fourth-order valence-corrected chi connectivity index (χ4v) is 1.09. The summed E-state index contributed by atoms with van der Waals surface area (Å²) in [5.74, 6) is 0. The Morgan fingerprint density at radius 1 is 1.07 bits per heavy atom. The summed E-state index contributed by atoms with van der Waals surface area (Å²) >= 11 is 0. The SMILES string of the molecule is CC.CC.Cc1ccnn2cccc12. The second kappa shape index (κ2) is 7.13. The third-order valence-electron chi connectivity index (χ3n) is 1.65. The lowest BCUT2D eigenvalue weighted by Crippen LogP contribution is -1.88. The molecular formula is C12H20N2. The minimum atomic E-state index is 1.18. The molecule has 0 aliphatic heterocycles. The molecule has 14 heavy (non-hydrogen) atoms. The first kappa shape index (κ1) is 12.7. The molecule has 0 aromatic carbocycles. The van der Waals surface area contributed by atoms with Gasteiger partial charge in [-0.1, -0.05) is 27.7 Å². The zero-order valence-electron chi connectivity index (χ0n) is 9.78. The van der Waals surface area contributed by atoms with Gasteiger partial charge in [0, 0.05) is 12.4 Å². The van der Waals surface area contributed by atoms with Crippen LogP contribution in [0.2, 0.25) is 0 Å². The van der Waals surface area contributed by atoms with Crippen molar-refractivity contribution in [3.8, 4) is 0 Å². The van der Waals surface area contributed by atoms with Gasteiger partial charge in [-0.25, -0.2) is 4.52 Å². The zero-order chi connectivity index (χ0) is 11.0. The predicted octanol–water partition coefficient (Wildman–Crippen LogP) is 3.70. The third-order valence-corrected chi connectivity index (χ3v) is 1.65. The van der Waals surface area contributed by atoms with E-state index in [0.717, 1.165) is 0 Å². The van der Waals surface area contributed by atoms with Crippen LogP contribution in [-0.4, -0.2) is 9.61 Å². The molecule has 2 nitrogen and oxygen atoms in total. The minimum Gasteiger partial charge on any atom is -0.241 e. The summed E-state index contributed by atoms with van der Waals surface area (Å²) in [5.41, 5.74) is 2.45. The molecule has 0 radical (unpaired) electrons. The van der Waals surface area contributed by atoms with Gasteiger partial charge in [0.2, 0.25) is 0 Å². The van der Waals surface area contributed by atoms with Crippen LogP contribution in [0.15, 0.2) is 30.6 Å². The standard InChI is InChI=1S/C8H8N2.2C2H6/c1-7-4-5-9-10-6-2-3-8(7)10;2*1-2/h2-6H,1H3;2*1-2H3. The maximum absolute atomic E-state index is 4.12. The minimum absolute atomic E-state index is 1.18. The molecule has 2 rings (SSSR count). The molecule has 0 fully saturated rings. The molecule has 0 saturated heterocycles. The van der Waals surface area contributed by atoms with Gasteiger partial charge in [-0.05, 0) is 30.7 Å². The number of fused-ring (bicyclic) bond motifs is 1. The largest absolute Gasteiger partial charge is 0.241 e. The molecule has 2 aromatic heterocycles. The fraction of sp³-hybridized carbons (Fsp3) is 0.417. The highest BCUT2D eigenvalue weighted by Gasteiger charge is 1.92. The monoisotopic (exact) mass is 192 g/mol. The second-order valence-corrected chi connectivity index (χ2v) is 2.35. The lowest BCUT2D eigenvalue weighted by atomic mass is 10.3. The number of aromatic nitrogens is 2. The average molecular weight is 192 g/mol. The molecule has 0 atom stereocenters. The first-order chi connectivity index (χ1) is 6.88. The molecule has 78 valence electrons. The van der Waals surface area contributed by atoms with E-state index in [9.17, 15) is 0 Å². The Bertz CT molecular complexity index is 350. The Balaban J connectivity index is 0.000000379. The van der Waals surface area contributed by atoms with E-state index in [1.807, 2.05) is 56.7 Å². The molecule has 0 aliphatic rings. The highest BCUT2D eigenvalue weighted by atomic mass is 15.2. The summed E-state index contributed by atoms with van der Waals surface area (Å²) in [4.78, 5) is 0. The maximum atomic E-state index is 4.12. The summed E-state index contributed by atoms with van der Waals surface area (Å²) in [7, 11) is 0. The van der Waals surface area contributed by atoms with E-state index in [1.165, 1.54) is 11.1 Å². The molecule has 0 saturated carbocycles. The summed E-state index contributed by atoms with van der Waals surface area (Å²) in [5, 5.41) is 4.12.